The Morgan fingerprint density at radius 3 is 2.70 bits per heavy atom. The lowest BCUT2D eigenvalue weighted by molar-refractivity contribution is -0.140. The third-order valence-electron chi connectivity index (χ3n) is 4.77. The highest BCUT2D eigenvalue weighted by molar-refractivity contribution is 6.46. The average molecular weight is 410 g/mol. The number of aliphatic hydroxyl groups excluding tert-OH is 1. The fourth-order valence-corrected chi connectivity index (χ4v) is 3.52. The van der Waals surface area contributed by atoms with Crippen LogP contribution in [0.5, 0.6) is 5.75 Å². The first-order chi connectivity index (χ1) is 14.4. The zero-order valence-electron chi connectivity index (χ0n) is 17.4. The first kappa shape index (κ1) is 21.5. The van der Waals surface area contributed by atoms with Crippen LogP contribution in [0.2, 0.25) is 0 Å². The maximum absolute atomic E-state index is 12.9. The van der Waals surface area contributed by atoms with Gasteiger partial charge >= 0.3 is 0 Å². The smallest absolute Gasteiger partial charge is 0.295 e. The van der Waals surface area contributed by atoms with Gasteiger partial charge in [-0.15, -0.1) is 0 Å². The number of ketones is 1. The van der Waals surface area contributed by atoms with Crippen molar-refractivity contribution < 1.29 is 24.2 Å². The quantitative estimate of drug-likeness (QED) is 0.311. The van der Waals surface area contributed by atoms with Crippen molar-refractivity contribution >= 4 is 17.4 Å². The topological polar surface area (TPSA) is 89.0 Å². The molecular weight excluding hydrogens is 384 g/mol. The Morgan fingerprint density at radius 2 is 2.03 bits per heavy atom. The van der Waals surface area contributed by atoms with Gasteiger partial charge in [-0.25, -0.2) is 0 Å². The average Bonchev–Trinajstić information content (AvgIpc) is 2.99. The van der Waals surface area contributed by atoms with Gasteiger partial charge in [-0.1, -0.05) is 18.2 Å². The van der Waals surface area contributed by atoms with Crippen LogP contribution in [0.4, 0.5) is 0 Å². The van der Waals surface area contributed by atoms with Crippen molar-refractivity contribution in [2.45, 2.75) is 32.4 Å². The predicted molar refractivity (Wildman–Crippen MR) is 112 cm³/mol. The molecule has 2 heterocycles. The first-order valence-corrected chi connectivity index (χ1v) is 9.88. The van der Waals surface area contributed by atoms with E-state index in [1.165, 1.54) is 4.90 Å². The normalized spacial score (nSPS) is 18.3. The SMILES string of the molecule is COCCCN1C(=O)C(=O)/C(=C(\O)c2cccc(OC(C)C)c2)C1c1cccnc1. The number of benzene rings is 1. The number of amides is 1. The summed E-state index contributed by atoms with van der Waals surface area (Å²) in [6, 6.07) is 9.67. The van der Waals surface area contributed by atoms with Crippen LogP contribution in [0, 0.1) is 0 Å². The number of pyridine rings is 1. The van der Waals surface area contributed by atoms with Crippen LogP contribution in [0.1, 0.15) is 37.4 Å². The van der Waals surface area contributed by atoms with Gasteiger partial charge in [0, 0.05) is 38.2 Å². The highest BCUT2D eigenvalue weighted by Gasteiger charge is 2.45. The minimum absolute atomic E-state index is 0.0378. The fourth-order valence-electron chi connectivity index (χ4n) is 3.52. The van der Waals surface area contributed by atoms with Gasteiger partial charge in [0.1, 0.15) is 11.5 Å². The van der Waals surface area contributed by atoms with Crippen LogP contribution in [-0.2, 0) is 14.3 Å². The van der Waals surface area contributed by atoms with Gasteiger partial charge in [-0.2, -0.15) is 0 Å². The maximum atomic E-state index is 12.9. The Balaban J connectivity index is 2.07. The number of hydrogen-bond acceptors (Lipinski definition) is 6. The summed E-state index contributed by atoms with van der Waals surface area (Å²) in [5.74, 6) is -1.02. The van der Waals surface area contributed by atoms with Crippen molar-refractivity contribution in [1.29, 1.82) is 0 Å². The van der Waals surface area contributed by atoms with E-state index in [4.69, 9.17) is 9.47 Å². The number of nitrogens with zero attached hydrogens (tertiary/aromatic N) is 2. The van der Waals surface area contributed by atoms with Crippen LogP contribution >= 0.6 is 0 Å². The van der Waals surface area contributed by atoms with Crippen LogP contribution in [-0.4, -0.2) is 53.0 Å². The Hall–Kier alpha value is -3.19. The molecule has 2 aromatic rings. The molecule has 1 aromatic heterocycles. The Labute approximate surface area is 175 Å². The molecule has 1 aliphatic rings. The minimum atomic E-state index is -0.717. The summed E-state index contributed by atoms with van der Waals surface area (Å²) in [5, 5.41) is 11.1. The monoisotopic (exact) mass is 410 g/mol. The zero-order valence-corrected chi connectivity index (χ0v) is 17.4. The summed E-state index contributed by atoms with van der Waals surface area (Å²) in [4.78, 5) is 31.3. The van der Waals surface area contributed by atoms with E-state index in [1.807, 2.05) is 13.8 Å². The number of aliphatic hydroxyl groups is 1. The number of ether oxygens (including phenoxy) is 2. The van der Waals surface area contributed by atoms with Crippen LogP contribution in [0.15, 0.2) is 54.4 Å². The lowest BCUT2D eigenvalue weighted by Crippen LogP contribution is -2.31. The van der Waals surface area contributed by atoms with Crippen LogP contribution in [0.25, 0.3) is 5.76 Å². The van der Waals surface area contributed by atoms with Crippen molar-refractivity contribution in [2.75, 3.05) is 20.3 Å². The summed E-state index contributed by atoms with van der Waals surface area (Å²) >= 11 is 0. The fraction of sp³-hybridized carbons (Fsp3) is 0.348. The lowest BCUT2D eigenvalue weighted by atomic mass is 9.96. The second kappa shape index (κ2) is 9.54. The molecule has 1 N–H and O–H groups in total. The molecular formula is C23H26N2O5. The van der Waals surface area contributed by atoms with Crippen molar-refractivity contribution in [3.8, 4) is 5.75 Å². The second-order valence-electron chi connectivity index (χ2n) is 7.32. The third kappa shape index (κ3) is 4.52. The number of hydrogen-bond donors (Lipinski definition) is 1. The van der Waals surface area contributed by atoms with Gasteiger partial charge in [0.2, 0.25) is 0 Å². The Bertz CT molecular complexity index is 940. The first-order valence-electron chi connectivity index (χ1n) is 9.88. The van der Waals surface area contributed by atoms with Gasteiger partial charge in [0.25, 0.3) is 11.7 Å². The molecule has 1 aromatic carbocycles. The molecule has 7 heteroatoms. The number of likely N-dealkylation sites (tertiary alicyclic amines) is 1. The Kier molecular flexibility index (Phi) is 6.84. The third-order valence-corrected chi connectivity index (χ3v) is 4.77. The summed E-state index contributed by atoms with van der Waals surface area (Å²) in [7, 11) is 1.58. The number of Topliss-reactive ketones (excluding diaryl/α,β-unsaturated/α-hetero) is 1. The lowest BCUT2D eigenvalue weighted by Gasteiger charge is -2.25. The minimum Gasteiger partial charge on any atom is -0.507 e. The van der Waals surface area contributed by atoms with E-state index in [2.05, 4.69) is 4.98 Å². The number of methoxy groups -OCH3 is 1. The van der Waals surface area contributed by atoms with E-state index in [-0.39, 0.29) is 17.4 Å². The molecule has 30 heavy (non-hydrogen) atoms. The number of carbonyl (C=O) groups excluding carboxylic acids is 2. The van der Waals surface area contributed by atoms with E-state index in [1.54, 1.807) is 55.9 Å². The number of aromatic nitrogens is 1. The molecule has 1 saturated heterocycles. The predicted octanol–water partition coefficient (Wildman–Crippen LogP) is 3.33. The molecule has 1 fully saturated rings. The van der Waals surface area contributed by atoms with Gasteiger partial charge in [-0.05, 0) is 44.0 Å². The molecule has 0 bridgehead atoms. The molecule has 0 saturated carbocycles. The van der Waals surface area contributed by atoms with E-state index in [9.17, 15) is 14.7 Å². The summed E-state index contributed by atoms with van der Waals surface area (Å²) < 4.78 is 10.8. The molecule has 158 valence electrons. The highest BCUT2D eigenvalue weighted by Crippen LogP contribution is 2.39. The molecule has 3 rings (SSSR count). The van der Waals surface area contributed by atoms with E-state index < -0.39 is 17.7 Å². The maximum Gasteiger partial charge on any atom is 0.295 e. The molecule has 7 nitrogen and oxygen atoms in total. The molecule has 0 spiro atoms. The molecule has 1 amide bonds. The largest absolute Gasteiger partial charge is 0.507 e. The van der Waals surface area contributed by atoms with Gasteiger partial charge in [0.05, 0.1) is 17.7 Å². The molecule has 1 unspecified atom stereocenters. The summed E-state index contributed by atoms with van der Waals surface area (Å²) in [6.07, 6.45) is 3.75. The van der Waals surface area contributed by atoms with Crippen molar-refractivity contribution in [1.82, 2.24) is 9.88 Å². The van der Waals surface area contributed by atoms with Crippen LogP contribution < -0.4 is 4.74 Å². The van der Waals surface area contributed by atoms with Crippen molar-refractivity contribution in [3.63, 3.8) is 0 Å². The molecule has 1 aliphatic heterocycles. The number of rotatable bonds is 8. The van der Waals surface area contributed by atoms with Crippen molar-refractivity contribution in [3.05, 3.63) is 65.5 Å². The van der Waals surface area contributed by atoms with E-state index in [0.717, 1.165) is 0 Å². The molecule has 0 radical (unpaired) electrons. The van der Waals surface area contributed by atoms with Gasteiger partial charge in [0.15, 0.2) is 0 Å². The standard InChI is InChI=1S/C23H26N2O5/c1-15(2)30-18-9-4-7-16(13-18)21(26)19-20(17-8-5-10-24-14-17)25(11-6-12-29-3)23(28)22(19)27/h4-5,7-10,13-15,20,26H,6,11-12H2,1-3H3/b21-19-. The van der Waals surface area contributed by atoms with Gasteiger partial charge in [-0.3, -0.25) is 14.6 Å². The highest BCUT2D eigenvalue weighted by atomic mass is 16.5. The van der Waals surface area contributed by atoms with Gasteiger partial charge < -0.3 is 19.5 Å². The van der Waals surface area contributed by atoms with E-state index in [0.29, 0.717) is 36.4 Å². The Morgan fingerprint density at radius 1 is 1.23 bits per heavy atom. The van der Waals surface area contributed by atoms with Crippen LogP contribution in [0.3, 0.4) is 0 Å². The van der Waals surface area contributed by atoms with Crippen molar-refractivity contribution in [2.24, 2.45) is 0 Å². The summed E-state index contributed by atoms with van der Waals surface area (Å²) in [6.45, 7) is 4.59. The molecule has 1 atom stereocenters. The summed E-state index contributed by atoms with van der Waals surface area (Å²) in [5.41, 5.74) is 1.12. The molecule has 0 aliphatic carbocycles. The van der Waals surface area contributed by atoms with E-state index >= 15 is 0 Å². The zero-order chi connectivity index (χ0) is 21.7. The second-order valence-corrected chi connectivity index (χ2v) is 7.32. The number of carbonyl (C=O) groups is 2.